The fourth-order valence-corrected chi connectivity index (χ4v) is 4.07. The van der Waals surface area contributed by atoms with E-state index in [1.165, 1.54) is 0 Å². The second-order valence-corrected chi connectivity index (χ2v) is 9.18. The van der Waals surface area contributed by atoms with Gasteiger partial charge in [-0.1, -0.05) is 67.5 Å². The van der Waals surface area contributed by atoms with Gasteiger partial charge in [0.2, 0.25) is 5.88 Å². The summed E-state index contributed by atoms with van der Waals surface area (Å²) in [5, 5.41) is 7.24. The van der Waals surface area contributed by atoms with E-state index in [-0.39, 0.29) is 5.78 Å². The minimum atomic E-state index is -0.486. The zero-order valence-corrected chi connectivity index (χ0v) is 20.4. The van der Waals surface area contributed by atoms with Crippen molar-refractivity contribution >= 4 is 17.6 Å². The van der Waals surface area contributed by atoms with Gasteiger partial charge in [-0.3, -0.25) is 20.0 Å². The summed E-state index contributed by atoms with van der Waals surface area (Å²) in [4.78, 5) is 19.7. The van der Waals surface area contributed by atoms with Crippen LogP contribution in [0.2, 0.25) is 0 Å². The van der Waals surface area contributed by atoms with E-state index in [1.54, 1.807) is 0 Å². The Bertz CT molecular complexity index is 1150. The molecule has 0 radical (unpaired) electrons. The number of ketones is 1. The van der Waals surface area contributed by atoms with Crippen LogP contribution in [0.15, 0.2) is 70.2 Å². The van der Waals surface area contributed by atoms with E-state index in [2.05, 4.69) is 20.4 Å². The van der Waals surface area contributed by atoms with E-state index >= 15 is 0 Å². The normalized spacial score (nSPS) is 15.2. The van der Waals surface area contributed by atoms with Crippen molar-refractivity contribution in [3.8, 4) is 0 Å². The van der Waals surface area contributed by atoms with Crippen molar-refractivity contribution in [2.45, 2.75) is 25.7 Å². The zero-order valence-electron chi connectivity index (χ0n) is 20.4. The predicted octanol–water partition coefficient (Wildman–Crippen LogP) is 3.68. The maximum absolute atomic E-state index is 12.9. The smallest absolute Gasteiger partial charge is 0.231 e. The first-order valence-corrected chi connectivity index (χ1v) is 12.0. The van der Waals surface area contributed by atoms with Crippen LogP contribution in [-0.4, -0.2) is 61.2 Å². The number of anilines is 1. The van der Waals surface area contributed by atoms with Gasteiger partial charge in [-0.15, -0.1) is 0 Å². The Hall–Kier alpha value is -3.49. The van der Waals surface area contributed by atoms with Gasteiger partial charge in [-0.2, -0.15) is 0 Å². The number of aliphatic imine (C=N–C) groups is 1. The quantitative estimate of drug-likeness (QED) is 0.210. The van der Waals surface area contributed by atoms with E-state index in [0.717, 1.165) is 50.5 Å². The van der Waals surface area contributed by atoms with Crippen molar-refractivity contribution in [2.75, 3.05) is 44.7 Å². The lowest BCUT2D eigenvalue weighted by atomic mass is 9.80. The minimum absolute atomic E-state index is 0.0108. The summed E-state index contributed by atoms with van der Waals surface area (Å²) in [6.45, 7) is 9.23. The van der Waals surface area contributed by atoms with Crippen molar-refractivity contribution in [3.05, 3.63) is 83.0 Å². The minimum Gasteiger partial charge on any atom is -0.379 e. The van der Waals surface area contributed by atoms with Crippen LogP contribution in [0.1, 0.15) is 47.4 Å². The average molecular weight is 476 g/mol. The number of nitrogens with one attached hydrogen (secondary N) is 1. The highest BCUT2D eigenvalue weighted by atomic mass is 16.5. The molecule has 1 aliphatic rings. The molecule has 4 rings (SSSR count). The molecule has 0 atom stereocenters. The monoisotopic (exact) mass is 475 g/mol. The van der Waals surface area contributed by atoms with Gasteiger partial charge in [0.25, 0.3) is 0 Å². The molecule has 1 fully saturated rings. The third-order valence-electron chi connectivity index (χ3n) is 6.30. The molecule has 3 aromatic rings. The summed E-state index contributed by atoms with van der Waals surface area (Å²) in [6, 6.07) is 18.7. The Morgan fingerprint density at radius 3 is 2.60 bits per heavy atom. The Morgan fingerprint density at radius 1 is 1.09 bits per heavy atom. The molecule has 3 N–H and O–H groups in total. The van der Waals surface area contributed by atoms with E-state index in [9.17, 15) is 4.79 Å². The predicted molar refractivity (Wildman–Crippen MR) is 137 cm³/mol. The second kappa shape index (κ2) is 11.3. The van der Waals surface area contributed by atoms with Crippen molar-refractivity contribution in [1.82, 2.24) is 10.1 Å². The summed E-state index contributed by atoms with van der Waals surface area (Å²) in [5.41, 5.74) is 8.54. The number of rotatable bonds is 9. The first-order valence-electron chi connectivity index (χ1n) is 12.0. The van der Waals surface area contributed by atoms with Gasteiger partial charge < -0.3 is 15.0 Å². The molecule has 0 aliphatic carbocycles. The molecule has 0 saturated carbocycles. The molecule has 0 unspecified atom stereocenters. The number of nitrogens with zero attached hydrogens (tertiary/aromatic N) is 3. The van der Waals surface area contributed by atoms with Gasteiger partial charge in [0.05, 0.1) is 18.9 Å². The van der Waals surface area contributed by atoms with Gasteiger partial charge in [0.1, 0.15) is 0 Å². The molecule has 0 amide bonds. The van der Waals surface area contributed by atoms with Gasteiger partial charge in [-0.05, 0) is 18.1 Å². The summed E-state index contributed by atoms with van der Waals surface area (Å²) in [6.07, 6.45) is 0.926. The standard InChI is InChI=1S/C27H33N5O3/c1-27(2,22-11-6-10-21(18-22)25(33)20-8-4-3-5-9-20)23-19-24(35-31-23)30-26(28)29-12-7-13-32-14-16-34-17-15-32/h3-6,8-11,18-19H,7,12-17H2,1-2H3,(H3,28,29,30). The van der Waals surface area contributed by atoms with E-state index in [4.69, 9.17) is 15.0 Å². The molecule has 184 valence electrons. The number of guanidine groups is 1. The Kier molecular flexibility index (Phi) is 7.94. The molecule has 8 nitrogen and oxygen atoms in total. The number of ether oxygens (including phenoxy) is 1. The fraction of sp³-hybridized carbons (Fsp3) is 0.370. The van der Waals surface area contributed by atoms with Gasteiger partial charge in [0, 0.05) is 48.8 Å². The van der Waals surface area contributed by atoms with Crippen molar-refractivity contribution in [3.63, 3.8) is 0 Å². The SMILES string of the molecule is CC(C)(c1cccc(C(=O)c2ccccc2)c1)c1cc(NC(N)=NCCCN2CCOCC2)on1. The summed E-state index contributed by atoms with van der Waals surface area (Å²) >= 11 is 0. The van der Waals surface area contributed by atoms with Crippen molar-refractivity contribution in [1.29, 1.82) is 0 Å². The van der Waals surface area contributed by atoms with Crippen LogP contribution < -0.4 is 11.1 Å². The molecule has 1 aliphatic heterocycles. The molecular weight excluding hydrogens is 442 g/mol. The highest BCUT2D eigenvalue weighted by molar-refractivity contribution is 6.09. The molecule has 0 bridgehead atoms. The summed E-state index contributed by atoms with van der Waals surface area (Å²) in [7, 11) is 0. The molecule has 35 heavy (non-hydrogen) atoms. The number of benzene rings is 2. The van der Waals surface area contributed by atoms with Gasteiger partial charge in [0.15, 0.2) is 11.7 Å². The third kappa shape index (κ3) is 6.35. The van der Waals surface area contributed by atoms with Gasteiger partial charge >= 0.3 is 0 Å². The lowest BCUT2D eigenvalue weighted by Crippen LogP contribution is -2.37. The number of hydrogen-bond donors (Lipinski definition) is 2. The second-order valence-electron chi connectivity index (χ2n) is 9.18. The highest BCUT2D eigenvalue weighted by Crippen LogP contribution is 2.32. The lowest BCUT2D eigenvalue weighted by molar-refractivity contribution is 0.0377. The van der Waals surface area contributed by atoms with E-state index in [1.807, 2.05) is 74.5 Å². The van der Waals surface area contributed by atoms with E-state index in [0.29, 0.717) is 29.5 Å². The van der Waals surface area contributed by atoms with Crippen LogP contribution in [-0.2, 0) is 10.2 Å². The van der Waals surface area contributed by atoms with Crippen molar-refractivity contribution < 1.29 is 14.1 Å². The van der Waals surface area contributed by atoms with Gasteiger partial charge in [-0.25, -0.2) is 0 Å². The number of aromatic nitrogens is 1. The largest absolute Gasteiger partial charge is 0.379 e. The number of morpholine rings is 1. The number of nitrogens with two attached hydrogens (primary N) is 1. The Balaban J connectivity index is 1.38. The maximum atomic E-state index is 12.9. The maximum Gasteiger partial charge on any atom is 0.231 e. The Labute approximate surface area is 206 Å². The summed E-state index contributed by atoms with van der Waals surface area (Å²) in [5.74, 6) is 0.713. The molecule has 1 saturated heterocycles. The van der Waals surface area contributed by atoms with Crippen LogP contribution in [0.3, 0.4) is 0 Å². The lowest BCUT2D eigenvalue weighted by Gasteiger charge is -2.26. The topological polar surface area (TPSA) is 106 Å². The fourth-order valence-electron chi connectivity index (χ4n) is 4.07. The van der Waals surface area contributed by atoms with Crippen LogP contribution in [0.4, 0.5) is 5.88 Å². The molecule has 2 aromatic carbocycles. The zero-order chi connectivity index (χ0) is 24.7. The molecule has 1 aromatic heterocycles. The number of carbonyl (C=O) groups excluding carboxylic acids is 1. The van der Waals surface area contributed by atoms with Crippen LogP contribution >= 0.6 is 0 Å². The molecule has 0 spiro atoms. The Morgan fingerprint density at radius 2 is 1.83 bits per heavy atom. The van der Waals surface area contributed by atoms with Crippen molar-refractivity contribution in [2.24, 2.45) is 10.7 Å². The van der Waals surface area contributed by atoms with Crippen LogP contribution in [0.25, 0.3) is 0 Å². The van der Waals surface area contributed by atoms with Crippen LogP contribution in [0, 0.1) is 0 Å². The summed E-state index contributed by atoms with van der Waals surface area (Å²) < 4.78 is 10.8. The highest BCUT2D eigenvalue weighted by Gasteiger charge is 2.28. The first-order chi connectivity index (χ1) is 16.9. The average Bonchev–Trinajstić information content (AvgIpc) is 3.37. The number of carbonyl (C=O) groups is 1. The van der Waals surface area contributed by atoms with Crippen LogP contribution in [0.5, 0.6) is 0 Å². The molecule has 8 heteroatoms. The third-order valence-corrected chi connectivity index (χ3v) is 6.30. The number of hydrogen-bond acceptors (Lipinski definition) is 6. The molecule has 2 heterocycles. The first kappa shape index (κ1) is 24.6. The van der Waals surface area contributed by atoms with E-state index < -0.39 is 5.41 Å². The molecular formula is C27H33N5O3.